The second kappa shape index (κ2) is 11.9. The average Bonchev–Trinajstić information content (AvgIpc) is 3.39. The number of amides is 4. The van der Waals surface area contributed by atoms with Crippen LogP contribution in [0.3, 0.4) is 0 Å². The van der Waals surface area contributed by atoms with Crippen LogP contribution in [0.25, 0.3) is 0 Å². The number of benzene rings is 2. The Morgan fingerprint density at radius 3 is 2.43 bits per heavy atom. The summed E-state index contributed by atoms with van der Waals surface area (Å²) in [6, 6.07) is 16.5. The number of nitrogens with zero attached hydrogens (tertiary/aromatic N) is 2. The molecule has 0 spiro atoms. The number of urea groups is 1. The molecule has 0 bridgehead atoms. The van der Waals surface area contributed by atoms with E-state index in [4.69, 9.17) is 0 Å². The van der Waals surface area contributed by atoms with Crippen molar-refractivity contribution in [2.24, 2.45) is 0 Å². The van der Waals surface area contributed by atoms with Crippen LogP contribution >= 0.6 is 23.1 Å². The van der Waals surface area contributed by atoms with Gasteiger partial charge >= 0.3 is 6.03 Å². The van der Waals surface area contributed by atoms with Crippen LogP contribution in [0.1, 0.15) is 39.8 Å². The number of hydrazine groups is 1. The molecule has 0 atom stereocenters. The first-order valence-electron chi connectivity index (χ1n) is 11.3. The topological polar surface area (TPSA) is 103 Å². The van der Waals surface area contributed by atoms with Gasteiger partial charge in [0.15, 0.2) is 0 Å². The molecule has 2 heterocycles. The normalized spacial score (nSPS) is 13.8. The Kier molecular flexibility index (Phi) is 8.38. The van der Waals surface area contributed by atoms with E-state index in [0.29, 0.717) is 25.2 Å². The highest BCUT2D eigenvalue weighted by molar-refractivity contribution is 7.98. The molecule has 1 aliphatic heterocycles. The largest absolute Gasteiger partial charge is 0.342 e. The zero-order chi connectivity index (χ0) is 24.6. The minimum atomic E-state index is -0.544. The van der Waals surface area contributed by atoms with Crippen molar-refractivity contribution in [1.82, 2.24) is 20.7 Å². The number of aromatic nitrogens is 1. The van der Waals surface area contributed by atoms with Crippen LogP contribution in [0.4, 0.5) is 10.5 Å². The Morgan fingerprint density at radius 2 is 1.74 bits per heavy atom. The van der Waals surface area contributed by atoms with Crippen LogP contribution < -0.4 is 16.2 Å². The van der Waals surface area contributed by atoms with Gasteiger partial charge in [0.2, 0.25) is 5.91 Å². The molecule has 35 heavy (non-hydrogen) atoms. The summed E-state index contributed by atoms with van der Waals surface area (Å²) in [5, 5.41) is 5.19. The molecule has 4 amide bonds. The summed E-state index contributed by atoms with van der Waals surface area (Å²) < 4.78 is 0. The second-order valence-electron chi connectivity index (χ2n) is 8.15. The van der Waals surface area contributed by atoms with Crippen LogP contribution in [-0.2, 0) is 11.2 Å². The number of carbonyl (C=O) groups is 3. The van der Waals surface area contributed by atoms with Gasteiger partial charge in [-0.25, -0.2) is 15.2 Å². The van der Waals surface area contributed by atoms with E-state index in [0.717, 1.165) is 23.4 Å². The van der Waals surface area contributed by atoms with Gasteiger partial charge in [-0.2, -0.15) is 0 Å². The summed E-state index contributed by atoms with van der Waals surface area (Å²) in [6.45, 7) is 1.35. The highest BCUT2D eigenvalue weighted by Crippen LogP contribution is 2.30. The number of thiazole rings is 1. The number of para-hydroxylation sites is 1. The van der Waals surface area contributed by atoms with Gasteiger partial charge < -0.3 is 10.2 Å². The number of piperidine rings is 1. The monoisotopic (exact) mass is 509 g/mol. The molecule has 0 saturated carbocycles. The van der Waals surface area contributed by atoms with Crippen molar-refractivity contribution in [2.75, 3.05) is 24.7 Å². The maximum absolute atomic E-state index is 12.7. The van der Waals surface area contributed by atoms with Gasteiger partial charge in [0.25, 0.3) is 5.91 Å². The molecule has 8 nitrogen and oxygen atoms in total. The maximum atomic E-state index is 12.7. The summed E-state index contributed by atoms with van der Waals surface area (Å²) in [5.41, 5.74) is 6.61. The predicted octanol–water partition coefficient (Wildman–Crippen LogP) is 4.28. The van der Waals surface area contributed by atoms with E-state index < -0.39 is 11.9 Å². The highest BCUT2D eigenvalue weighted by atomic mass is 32.2. The van der Waals surface area contributed by atoms with Crippen LogP contribution in [0.5, 0.6) is 0 Å². The summed E-state index contributed by atoms with van der Waals surface area (Å²) in [7, 11) is 0. The minimum Gasteiger partial charge on any atom is -0.342 e. The van der Waals surface area contributed by atoms with E-state index in [1.165, 1.54) is 16.2 Å². The third kappa shape index (κ3) is 6.83. The number of thioether (sulfide) groups is 1. The number of rotatable bonds is 6. The summed E-state index contributed by atoms with van der Waals surface area (Å²) in [5.74, 6) is -0.129. The molecule has 2 aromatic carbocycles. The zero-order valence-corrected chi connectivity index (χ0v) is 21.0. The van der Waals surface area contributed by atoms with E-state index >= 15 is 0 Å². The van der Waals surface area contributed by atoms with Gasteiger partial charge in [-0.3, -0.25) is 15.0 Å². The highest BCUT2D eigenvalue weighted by Gasteiger charge is 2.26. The summed E-state index contributed by atoms with van der Waals surface area (Å²) >= 11 is 3.11. The van der Waals surface area contributed by atoms with Crippen molar-refractivity contribution in [3.8, 4) is 0 Å². The number of hydrogen-bond donors (Lipinski definition) is 3. The fourth-order valence-corrected chi connectivity index (χ4v) is 5.23. The van der Waals surface area contributed by atoms with E-state index in [9.17, 15) is 14.4 Å². The Balaban J connectivity index is 1.22. The molecular formula is C25H27N5O3S2. The lowest BCUT2D eigenvalue weighted by atomic mass is 9.97. The lowest BCUT2D eigenvalue weighted by Crippen LogP contribution is -2.44. The third-order valence-corrected chi connectivity index (χ3v) is 7.54. The molecule has 182 valence electrons. The number of likely N-dealkylation sites (tertiary alicyclic amines) is 1. The average molecular weight is 510 g/mol. The lowest BCUT2D eigenvalue weighted by molar-refractivity contribution is -0.131. The Labute approximate surface area is 212 Å². The molecule has 10 heteroatoms. The Morgan fingerprint density at radius 1 is 1.03 bits per heavy atom. The maximum Gasteiger partial charge on any atom is 0.337 e. The second-order valence-corrected chi connectivity index (χ2v) is 9.92. The van der Waals surface area contributed by atoms with Crippen molar-refractivity contribution >= 4 is 46.6 Å². The molecule has 1 aliphatic rings. The number of anilines is 1. The smallest absolute Gasteiger partial charge is 0.337 e. The Bertz CT molecular complexity index is 1160. The predicted molar refractivity (Wildman–Crippen MR) is 139 cm³/mol. The molecule has 1 fully saturated rings. The molecular weight excluding hydrogens is 482 g/mol. The lowest BCUT2D eigenvalue weighted by Gasteiger charge is -2.31. The van der Waals surface area contributed by atoms with E-state index in [1.807, 2.05) is 41.5 Å². The molecule has 0 aliphatic carbocycles. The number of carbonyl (C=O) groups excluding carboxylic acids is 3. The standard InChI is InChI=1S/C25H27N5O3S2/c1-34-20-9-7-17(8-10-20)15-22(31)30-13-11-18(12-14-30)24-27-21(16-35-24)23(32)28-29-25(33)26-19-5-3-2-4-6-19/h2-10,16,18H,11-15H2,1H3,(H,28,32)(H2,26,29,33). The van der Waals surface area contributed by atoms with Gasteiger partial charge in [0, 0.05) is 35.0 Å². The van der Waals surface area contributed by atoms with Crippen molar-refractivity contribution < 1.29 is 14.4 Å². The van der Waals surface area contributed by atoms with Gasteiger partial charge in [0.05, 0.1) is 11.4 Å². The molecule has 4 rings (SSSR count). The minimum absolute atomic E-state index is 0.138. The van der Waals surface area contributed by atoms with Gasteiger partial charge in [-0.05, 0) is 48.9 Å². The molecule has 1 saturated heterocycles. The number of hydrogen-bond acceptors (Lipinski definition) is 6. The first-order chi connectivity index (χ1) is 17.0. The van der Waals surface area contributed by atoms with Crippen molar-refractivity contribution in [3.05, 3.63) is 76.2 Å². The molecule has 0 radical (unpaired) electrons. The van der Waals surface area contributed by atoms with Crippen LogP contribution in [-0.4, -0.2) is 47.1 Å². The summed E-state index contributed by atoms with van der Waals surface area (Å²) in [6.07, 6.45) is 4.06. The first kappa shape index (κ1) is 24.7. The zero-order valence-electron chi connectivity index (χ0n) is 19.3. The van der Waals surface area contributed by atoms with Gasteiger partial charge in [-0.15, -0.1) is 23.1 Å². The van der Waals surface area contributed by atoms with Gasteiger partial charge in [0.1, 0.15) is 5.69 Å². The molecule has 3 aromatic rings. The van der Waals surface area contributed by atoms with Crippen molar-refractivity contribution in [1.29, 1.82) is 0 Å². The first-order valence-corrected chi connectivity index (χ1v) is 13.4. The summed E-state index contributed by atoms with van der Waals surface area (Å²) in [4.78, 5) is 44.6. The van der Waals surface area contributed by atoms with Crippen molar-refractivity contribution in [2.45, 2.75) is 30.1 Å². The van der Waals surface area contributed by atoms with Gasteiger partial charge in [-0.1, -0.05) is 30.3 Å². The quantitative estimate of drug-likeness (QED) is 0.340. The SMILES string of the molecule is CSc1ccc(CC(=O)N2CCC(c3nc(C(=O)NNC(=O)Nc4ccccc4)cs3)CC2)cc1. The molecule has 3 N–H and O–H groups in total. The molecule has 1 aromatic heterocycles. The van der Waals surface area contributed by atoms with Crippen LogP contribution in [0, 0.1) is 0 Å². The Hall–Kier alpha value is -3.37. The van der Waals surface area contributed by atoms with E-state index in [1.54, 1.807) is 41.4 Å². The van der Waals surface area contributed by atoms with E-state index in [-0.39, 0.29) is 17.5 Å². The van der Waals surface area contributed by atoms with Crippen molar-refractivity contribution in [3.63, 3.8) is 0 Å². The van der Waals surface area contributed by atoms with Crippen LogP contribution in [0.15, 0.2) is 64.9 Å². The fraction of sp³-hybridized carbons (Fsp3) is 0.280. The van der Waals surface area contributed by atoms with Crippen LogP contribution in [0.2, 0.25) is 0 Å². The fourth-order valence-electron chi connectivity index (χ4n) is 3.85. The molecule has 0 unspecified atom stereocenters. The third-order valence-electron chi connectivity index (χ3n) is 5.79. The van der Waals surface area contributed by atoms with E-state index in [2.05, 4.69) is 21.2 Å². The number of nitrogens with one attached hydrogen (secondary N) is 3.